The second-order valence-corrected chi connectivity index (χ2v) is 3.64. The number of hydrogen-bond donors (Lipinski definition) is 1. The van der Waals surface area contributed by atoms with Crippen LogP contribution in [0.3, 0.4) is 0 Å². The highest BCUT2D eigenvalue weighted by Crippen LogP contribution is 2.21. The highest BCUT2D eigenvalue weighted by atomic mass is 15.1. The molecule has 1 atom stereocenters. The number of fused-ring (bicyclic) bond motifs is 1. The highest BCUT2D eigenvalue weighted by Gasteiger charge is 2.18. The molecule has 0 aromatic carbocycles. The molecule has 1 aliphatic rings. The maximum absolute atomic E-state index is 4.48. The van der Waals surface area contributed by atoms with Crippen molar-refractivity contribution in [3.63, 3.8) is 0 Å². The number of imidazole rings is 1. The van der Waals surface area contributed by atoms with Crippen molar-refractivity contribution < 1.29 is 0 Å². The van der Waals surface area contributed by atoms with E-state index in [2.05, 4.69) is 21.5 Å². The molecule has 14 heavy (non-hydrogen) atoms. The molecule has 0 aliphatic carbocycles. The summed E-state index contributed by atoms with van der Waals surface area (Å²) in [7, 11) is 0. The van der Waals surface area contributed by atoms with E-state index in [1.54, 1.807) is 6.20 Å². The molecule has 1 fully saturated rings. The monoisotopic (exact) mass is 188 g/mol. The Hall–Kier alpha value is -1.42. The van der Waals surface area contributed by atoms with Gasteiger partial charge < -0.3 is 5.32 Å². The van der Waals surface area contributed by atoms with Gasteiger partial charge in [0.15, 0.2) is 0 Å². The van der Waals surface area contributed by atoms with E-state index in [0.29, 0.717) is 6.04 Å². The third-order valence-corrected chi connectivity index (χ3v) is 2.67. The number of rotatable bonds is 1. The van der Waals surface area contributed by atoms with Crippen LogP contribution in [0, 0.1) is 0 Å². The van der Waals surface area contributed by atoms with Crippen molar-refractivity contribution in [2.24, 2.45) is 0 Å². The number of hydrogen-bond acceptors (Lipinski definition) is 3. The minimum absolute atomic E-state index is 0.427. The van der Waals surface area contributed by atoms with Gasteiger partial charge in [0.1, 0.15) is 0 Å². The third kappa shape index (κ3) is 1.19. The molecule has 4 heteroatoms. The van der Waals surface area contributed by atoms with Gasteiger partial charge in [0, 0.05) is 18.6 Å². The van der Waals surface area contributed by atoms with Gasteiger partial charge in [-0.3, -0.25) is 4.40 Å². The molecule has 3 heterocycles. The molecule has 1 aliphatic heterocycles. The fourth-order valence-corrected chi connectivity index (χ4v) is 1.95. The zero-order valence-corrected chi connectivity index (χ0v) is 7.85. The highest BCUT2D eigenvalue weighted by molar-refractivity contribution is 5.30. The topological polar surface area (TPSA) is 42.2 Å². The van der Waals surface area contributed by atoms with Crippen LogP contribution in [0.1, 0.15) is 24.6 Å². The first-order valence-electron chi connectivity index (χ1n) is 4.96. The standard InChI is InChI=1S/C10H12N4/c1-3-8(11-4-1)9-7-14-6-2-5-12-10(14)13-9/h2,5-8,11H,1,3-4H2. The summed E-state index contributed by atoms with van der Waals surface area (Å²) in [5, 5.41) is 3.43. The third-order valence-electron chi connectivity index (χ3n) is 2.67. The Morgan fingerprint density at radius 2 is 2.50 bits per heavy atom. The van der Waals surface area contributed by atoms with Crippen molar-refractivity contribution in [3.05, 3.63) is 30.4 Å². The Bertz CT molecular complexity index is 409. The molecule has 0 radical (unpaired) electrons. The van der Waals surface area contributed by atoms with Crippen LogP contribution in [0.15, 0.2) is 24.7 Å². The molecular formula is C10H12N4. The van der Waals surface area contributed by atoms with E-state index in [1.165, 1.54) is 12.8 Å². The predicted octanol–water partition coefficient (Wildman–Crippen LogP) is 1.15. The summed E-state index contributed by atoms with van der Waals surface area (Å²) in [5.41, 5.74) is 1.11. The molecule has 0 spiro atoms. The Morgan fingerprint density at radius 3 is 3.29 bits per heavy atom. The van der Waals surface area contributed by atoms with E-state index in [-0.39, 0.29) is 0 Å². The fourth-order valence-electron chi connectivity index (χ4n) is 1.95. The van der Waals surface area contributed by atoms with Crippen LogP contribution in [-0.4, -0.2) is 20.9 Å². The van der Waals surface area contributed by atoms with Gasteiger partial charge in [-0.05, 0) is 25.5 Å². The van der Waals surface area contributed by atoms with Gasteiger partial charge in [-0.15, -0.1) is 0 Å². The summed E-state index contributed by atoms with van der Waals surface area (Å²) in [6.45, 7) is 1.10. The van der Waals surface area contributed by atoms with Crippen molar-refractivity contribution in [3.8, 4) is 0 Å². The van der Waals surface area contributed by atoms with Crippen LogP contribution < -0.4 is 5.32 Å². The Kier molecular flexibility index (Phi) is 1.73. The molecule has 0 amide bonds. The van der Waals surface area contributed by atoms with Crippen LogP contribution in [0.2, 0.25) is 0 Å². The molecule has 1 unspecified atom stereocenters. The summed E-state index contributed by atoms with van der Waals surface area (Å²) < 4.78 is 1.97. The van der Waals surface area contributed by atoms with Crippen molar-refractivity contribution in [1.29, 1.82) is 0 Å². The predicted molar refractivity (Wildman–Crippen MR) is 53.0 cm³/mol. The van der Waals surface area contributed by atoms with Crippen LogP contribution in [-0.2, 0) is 0 Å². The van der Waals surface area contributed by atoms with Crippen LogP contribution in [0.25, 0.3) is 5.78 Å². The summed E-state index contributed by atoms with van der Waals surface area (Å²) in [5.74, 6) is 0.788. The SMILES string of the molecule is c1cnc2nc(C3CCCN3)cn2c1. The zero-order chi connectivity index (χ0) is 9.38. The summed E-state index contributed by atoms with van der Waals surface area (Å²) >= 11 is 0. The summed E-state index contributed by atoms with van der Waals surface area (Å²) in [4.78, 5) is 8.68. The zero-order valence-electron chi connectivity index (χ0n) is 7.85. The Morgan fingerprint density at radius 1 is 1.50 bits per heavy atom. The molecule has 2 aromatic heterocycles. The lowest BCUT2D eigenvalue weighted by molar-refractivity contribution is 0.632. The van der Waals surface area contributed by atoms with Crippen LogP contribution in [0.5, 0.6) is 0 Å². The van der Waals surface area contributed by atoms with Gasteiger partial charge in [0.25, 0.3) is 0 Å². The second kappa shape index (κ2) is 3.06. The van der Waals surface area contributed by atoms with E-state index in [0.717, 1.165) is 18.0 Å². The van der Waals surface area contributed by atoms with Crippen LogP contribution in [0.4, 0.5) is 0 Å². The first-order valence-corrected chi connectivity index (χ1v) is 4.96. The van der Waals surface area contributed by atoms with E-state index < -0.39 is 0 Å². The molecular weight excluding hydrogens is 176 g/mol. The average Bonchev–Trinajstić information content (AvgIpc) is 2.86. The fraction of sp³-hybridized carbons (Fsp3) is 0.400. The Labute approximate surface area is 82.0 Å². The van der Waals surface area contributed by atoms with Gasteiger partial charge in [-0.2, -0.15) is 0 Å². The number of aromatic nitrogens is 3. The minimum Gasteiger partial charge on any atom is -0.309 e. The number of nitrogens with zero attached hydrogens (tertiary/aromatic N) is 3. The van der Waals surface area contributed by atoms with Crippen molar-refractivity contribution in [1.82, 2.24) is 19.7 Å². The van der Waals surface area contributed by atoms with Gasteiger partial charge in [-0.25, -0.2) is 9.97 Å². The smallest absolute Gasteiger partial charge is 0.233 e. The normalized spacial score (nSPS) is 21.9. The van der Waals surface area contributed by atoms with Gasteiger partial charge in [0.05, 0.1) is 11.7 Å². The molecule has 1 saturated heterocycles. The van der Waals surface area contributed by atoms with Crippen molar-refractivity contribution in [2.75, 3.05) is 6.54 Å². The molecule has 1 N–H and O–H groups in total. The van der Waals surface area contributed by atoms with Gasteiger partial charge >= 0.3 is 0 Å². The summed E-state index contributed by atoms with van der Waals surface area (Å²) in [6, 6.07) is 2.34. The maximum Gasteiger partial charge on any atom is 0.233 e. The van der Waals surface area contributed by atoms with Crippen molar-refractivity contribution in [2.45, 2.75) is 18.9 Å². The van der Waals surface area contributed by atoms with Gasteiger partial charge in [-0.1, -0.05) is 0 Å². The molecule has 72 valence electrons. The van der Waals surface area contributed by atoms with Crippen molar-refractivity contribution >= 4 is 5.78 Å². The van der Waals surface area contributed by atoms with Gasteiger partial charge in [0.2, 0.25) is 5.78 Å². The first kappa shape index (κ1) is 7.94. The van der Waals surface area contributed by atoms with E-state index >= 15 is 0 Å². The molecule has 3 rings (SSSR count). The maximum atomic E-state index is 4.48. The molecule has 0 saturated carbocycles. The van der Waals surface area contributed by atoms with E-state index in [9.17, 15) is 0 Å². The molecule has 2 aromatic rings. The van der Waals surface area contributed by atoms with E-state index in [4.69, 9.17) is 0 Å². The second-order valence-electron chi connectivity index (χ2n) is 3.64. The lowest BCUT2D eigenvalue weighted by Gasteiger charge is -2.03. The lowest BCUT2D eigenvalue weighted by Crippen LogP contribution is -2.12. The van der Waals surface area contributed by atoms with E-state index in [1.807, 2.05) is 16.7 Å². The number of nitrogens with one attached hydrogen (secondary N) is 1. The lowest BCUT2D eigenvalue weighted by atomic mass is 10.2. The quantitative estimate of drug-likeness (QED) is 0.730. The Balaban J connectivity index is 2.05. The molecule has 4 nitrogen and oxygen atoms in total. The van der Waals surface area contributed by atoms with Crippen LogP contribution >= 0.6 is 0 Å². The summed E-state index contributed by atoms with van der Waals surface area (Å²) in [6.07, 6.45) is 8.24. The average molecular weight is 188 g/mol. The minimum atomic E-state index is 0.427. The largest absolute Gasteiger partial charge is 0.309 e. The molecule has 0 bridgehead atoms. The first-order chi connectivity index (χ1) is 6.93.